The smallest absolute Gasteiger partial charge is 0.257 e. The summed E-state index contributed by atoms with van der Waals surface area (Å²) in [5, 5.41) is 4.27. The van der Waals surface area contributed by atoms with Gasteiger partial charge in [0.15, 0.2) is 0 Å². The molecule has 20 heavy (non-hydrogen) atoms. The van der Waals surface area contributed by atoms with Gasteiger partial charge in [-0.05, 0) is 6.92 Å². The van der Waals surface area contributed by atoms with Gasteiger partial charge in [0.25, 0.3) is 5.56 Å². The standard InChI is InChI=1S/C13H18N6O/c1-2-19-7-9(5-15-19)6-18-4-3-11-10(8-18)12(20)17-13(14)16-11/h5,7H,2-4,6,8H2,1H3,(H3,14,16,17,20). The molecule has 0 atom stereocenters. The highest BCUT2D eigenvalue weighted by Gasteiger charge is 2.21. The maximum atomic E-state index is 11.9. The first-order valence-corrected chi connectivity index (χ1v) is 6.77. The number of rotatable bonds is 3. The number of aromatic nitrogens is 4. The molecule has 2 aromatic rings. The monoisotopic (exact) mass is 274 g/mol. The number of nitrogens with zero attached hydrogens (tertiary/aromatic N) is 4. The number of aromatic amines is 1. The fourth-order valence-corrected chi connectivity index (χ4v) is 2.55. The van der Waals surface area contributed by atoms with Crippen LogP contribution < -0.4 is 11.3 Å². The number of anilines is 1. The Kier molecular flexibility index (Phi) is 3.27. The molecule has 0 aromatic carbocycles. The van der Waals surface area contributed by atoms with Crippen molar-refractivity contribution in [2.24, 2.45) is 0 Å². The lowest BCUT2D eigenvalue weighted by Crippen LogP contribution is -2.35. The third kappa shape index (κ3) is 2.44. The molecule has 0 aliphatic carbocycles. The molecule has 3 rings (SSSR count). The van der Waals surface area contributed by atoms with E-state index in [-0.39, 0.29) is 11.5 Å². The van der Waals surface area contributed by atoms with E-state index < -0.39 is 0 Å². The summed E-state index contributed by atoms with van der Waals surface area (Å²) in [6.45, 7) is 5.20. The third-order valence-corrected chi connectivity index (χ3v) is 3.58. The highest BCUT2D eigenvalue weighted by molar-refractivity contribution is 5.27. The minimum Gasteiger partial charge on any atom is -0.369 e. The minimum atomic E-state index is -0.124. The molecule has 3 heterocycles. The van der Waals surface area contributed by atoms with E-state index in [1.807, 2.05) is 17.1 Å². The fourth-order valence-electron chi connectivity index (χ4n) is 2.55. The number of hydrogen-bond donors (Lipinski definition) is 2. The van der Waals surface area contributed by atoms with Gasteiger partial charge in [-0.2, -0.15) is 5.10 Å². The molecule has 3 N–H and O–H groups in total. The lowest BCUT2D eigenvalue weighted by Gasteiger charge is -2.26. The second kappa shape index (κ2) is 5.09. The zero-order valence-corrected chi connectivity index (χ0v) is 11.5. The van der Waals surface area contributed by atoms with Gasteiger partial charge in [-0.15, -0.1) is 0 Å². The van der Waals surface area contributed by atoms with Crippen LogP contribution in [0.2, 0.25) is 0 Å². The number of hydrogen-bond acceptors (Lipinski definition) is 5. The molecule has 0 amide bonds. The Morgan fingerprint density at radius 3 is 3.10 bits per heavy atom. The summed E-state index contributed by atoms with van der Waals surface area (Å²) >= 11 is 0. The van der Waals surface area contributed by atoms with Gasteiger partial charge < -0.3 is 5.73 Å². The van der Waals surface area contributed by atoms with Crippen LogP contribution in [0.4, 0.5) is 5.95 Å². The summed E-state index contributed by atoms with van der Waals surface area (Å²) in [5.74, 6) is 0.200. The fraction of sp³-hybridized carbons (Fsp3) is 0.462. The molecular formula is C13H18N6O. The van der Waals surface area contributed by atoms with Crippen LogP contribution in [0.5, 0.6) is 0 Å². The van der Waals surface area contributed by atoms with Crippen LogP contribution in [0.3, 0.4) is 0 Å². The molecule has 0 radical (unpaired) electrons. The summed E-state index contributed by atoms with van der Waals surface area (Å²) in [6.07, 6.45) is 4.68. The van der Waals surface area contributed by atoms with E-state index in [0.717, 1.165) is 42.9 Å². The molecule has 2 aromatic heterocycles. The van der Waals surface area contributed by atoms with Crippen LogP contribution in [-0.2, 0) is 26.1 Å². The van der Waals surface area contributed by atoms with Crippen molar-refractivity contribution in [3.8, 4) is 0 Å². The number of nitrogens with two attached hydrogens (primary N) is 1. The summed E-state index contributed by atoms with van der Waals surface area (Å²) in [5.41, 5.74) is 8.16. The Hall–Kier alpha value is -2.15. The highest BCUT2D eigenvalue weighted by atomic mass is 16.1. The van der Waals surface area contributed by atoms with E-state index in [2.05, 4.69) is 26.9 Å². The van der Waals surface area contributed by atoms with Crippen molar-refractivity contribution >= 4 is 5.95 Å². The van der Waals surface area contributed by atoms with E-state index in [9.17, 15) is 4.79 Å². The number of aryl methyl sites for hydroxylation is 1. The Bertz CT molecular complexity index is 674. The summed E-state index contributed by atoms with van der Waals surface area (Å²) in [6, 6.07) is 0. The molecular weight excluding hydrogens is 256 g/mol. The van der Waals surface area contributed by atoms with E-state index in [0.29, 0.717) is 6.54 Å². The van der Waals surface area contributed by atoms with Crippen LogP contribution in [0.25, 0.3) is 0 Å². The Balaban J connectivity index is 1.77. The molecule has 0 spiro atoms. The van der Waals surface area contributed by atoms with E-state index >= 15 is 0 Å². The normalized spacial score (nSPS) is 15.2. The number of fused-ring (bicyclic) bond motifs is 1. The van der Waals surface area contributed by atoms with Gasteiger partial charge in [0.05, 0.1) is 17.5 Å². The Labute approximate surface area is 116 Å². The number of nitrogen functional groups attached to an aromatic ring is 1. The average Bonchev–Trinajstić information content (AvgIpc) is 2.87. The summed E-state index contributed by atoms with van der Waals surface area (Å²) in [4.78, 5) is 20.9. The van der Waals surface area contributed by atoms with Crippen LogP contribution in [0.15, 0.2) is 17.2 Å². The van der Waals surface area contributed by atoms with Crippen molar-refractivity contribution < 1.29 is 0 Å². The average molecular weight is 274 g/mol. The summed E-state index contributed by atoms with van der Waals surface area (Å²) in [7, 11) is 0. The van der Waals surface area contributed by atoms with Crippen molar-refractivity contribution in [3.63, 3.8) is 0 Å². The quantitative estimate of drug-likeness (QED) is 0.829. The maximum Gasteiger partial charge on any atom is 0.257 e. The maximum absolute atomic E-state index is 11.9. The van der Waals surface area contributed by atoms with Gasteiger partial charge in [0, 0.05) is 44.4 Å². The number of nitrogens with one attached hydrogen (secondary N) is 1. The first kappa shape index (κ1) is 12.9. The molecule has 1 aliphatic rings. The third-order valence-electron chi connectivity index (χ3n) is 3.58. The van der Waals surface area contributed by atoms with Crippen LogP contribution >= 0.6 is 0 Å². The van der Waals surface area contributed by atoms with Gasteiger partial charge in [0.1, 0.15) is 0 Å². The molecule has 0 bridgehead atoms. The largest absolute Gasteiger partial charge is 0.369 e. The molecule has 0 saturated heterocycles. The lowest BCUT2D eigenvalue weighted by molar-refractivity contribution is 0.242. The summed E-state index contributed by atoms with van der Waals surface area (Å²) < 4.78 is 1.91. The molecule has 1 aliphatic heterocycles. The molecule has 7 heteroatoms. The van der Waals surface area contributed by atoms with Crippen LogP contribution in [0, 0.1) is 0 Å². The molecule has 0 unspecified atom stereocenters. The second-order valence-electron chi connectivity index (χ2n) is 5.04. The first-order chi connectivity index (χ1) is 9.65. The van der Waals surface area contributed by atoms with Crippen molar-refractivity contribution in [2.45, 2.75) is 33.0 Å². The first-order valence-electron chi connectivity index (χ1n) is 6.77. The molecule has 7 nitrogen and oxygen atoms in total. The second-order valence-corrected chi connectivity index (χ2v) is 5.04. The molecule has 0 fully saturated rings. The Morgan fingerprint density at radius 1 is 1.50 bits per heavy atom. The van der Waals surface area contributed by atoms with E-state index in [1.54, 1.807) is 0 Å². The van der Waals surface area contributed by atoms with Gasteiger partial charge in [-0.3, -0.25) is 19.4 Å². The number of H-pyrrole nitrogens is 1. The van der Waals surface area contributed by atoms with Gasteiger partial charge in [0.2, 0.25) is 5.95 Å². The van der Waals surface area contributed by atoms with Gasteiger partial charge in [-0.25, -0.2) is 4.98 Å². The SMILES string of the molecule is CCn1cc(CN2CCc3nc(N)[nH]c(=O)c3C2)cn1. The minimum absolute atomic E-state index is 0.124. The van der Waals surface area contributed by atoms with Crippen LogP contribution in [-0.4, -0.2) is 31.2 Å². The van der Waals surface area contributed by atoms with Gasteiger partial charge in [-0.1, -0.05) is 0 Å². The van der Waals surface area contributed by atoms with E-state index in [4.69, 9.17) is 5.73 Å². The van der Waals surface area contributed by atoms with Gasteiger partial charge >= 0.3 is 0 Å². The van der Waals surface area contributed by atoms with Crippen molar-refractivity contribution in [2.75, 3.05) is 12.3 Å². The predicted octanol–water partition coefficient (Wildman–Crippen LogP) is 0.127. The van der Waals surface area contributed by atoms with E-state index in [1.165, 1.54) is 0 Å². The Morgan fingerprint density at radius 2 is 2.35 bits per heavy atom. The molecule has 0 saturated carbocycles. The van der Waals surface area contributed by atoms with Crippen molar-refractivity contribution in [1.82, 2.24) is 24.6 Å². The van der Waals surface area contributed by atoms with Crippen LogP contribution in [0.1, 0.15) is 23.7 Å². The molecule has 106 valence electrons. The zero-order chi connectivity index (χ0) is 14.1. The topological polar surface area (TPSA) is 92.8 Å². The van der Waals surface area contributed by atoms with Crippen molar-refractivity contribution in [3.05, 3.63) is 39.6 Å². The highest BCUT2D eigenvalue weighted by Crippen LogP contribution is 2.16. The zero-order valence-electron chi connectivity index (χ0n) is 11.5. The predicted molar refractivity (Wildman–Crippen MR) is 75.0 cm³/mol. The van der Waals surface area contributed by atoms with Crippen molar-refractivity contribution in [1.29, 1.82) is 0 Å². The lowest BCUT2D eigenvalue weighted by atomic mass is 10.1.